The Morgan fingerprint density at radius 2 is 0.766 bits per heavy atom. The Hall–Kier alpha value is -8.39. The molecule has 0 spiro atoms. The van der Waals surface area contributed by atoms with Crippen molar-refractivity contribution in [3.63, 3.8) is 0 Å². The zero-order chi connectivity index (χ0) is 42.2. The average Bonchev–Trinajstić information content (AvgIpc) is 4.03. The number of hydrogen-bond acceptors (Lipinski definition) is 4. The van der Waals surface area contributed by atoms with E-state index in [-0.39, 0.29) is 0 Å². The Morgan fingerprint density at radius 3 is 1.30 bits per heavy atom. The smallest absolute Gasteiger partial charge is 0.240 e. The van der Waals surface area contributed by atoms with Gasteiger partial charge in [-0.2, -0.15) is 15.0 Å². The molecular formula is C57H37N5OSi. The Labute approximate surface area is 369 Å². The van der Waals surface area contributed by atoms with Gasteiger partial charge in [-0.15, -0.1) is 0 Å². The lowest BCUT2D eigenvalue weighted by molar-refractivity contribution is 0.671. The van der Waals surface area contributed by atoms with Crippen molar-refractivity contribution in [2.45, 2.75) is 0 Å². The van der Waals surface area contributed by atoms with Crippen LogP contribution in [0.1, 0.15) is 0 Å². The van der Waals surface area contributed by atoms with Crippen LogP contribution in [0.5, 0.6) is 0 Å². The summed E-state index contributed by atoms with van der Waals surface area (Å²) in [5.74, 6) is 1.68. The predicted molar refractivity (Wildman–Crippen MR) is 265 cm³/mol. The van der Waals surface area contributed by atoms with E-state index in [9.17, 15) is 0 Å². The highest BCUT2D eigenvalue weighted by Gasteiger charge is 2.44. The number of furan rings is 1. The summed E-state index contributed by atoms with van der Waals surface area (Å²) in [6.45, 7) is 0. The third kappa shape index (κ3) is 5.34. The van der Waals surface area contributed by atoms with E-state index >= 15 is 0 Å². The minimum absolute atomic E-state index is 0.548. The van der Waals surface area contributed by atoms with Crippen molar-refractivity contribution in [2.24, 2.45) is 0 Å². The normalized spacial score (nSPS) is 12.1. The zero-order valence-electron chi connectivity index (χ0n) is 34.5. The van der Waals surface area contributed by atoms with E-state index < -0.39 is 8.07 Å². The summed E-state index contributed by atoms with van der Waals surface area (Å²) >= 11 is 0. The van der Waals surface area contributed by atoms with Crippen molar-refractivity contribution in [2.75, 3.05) is 0 Å². The molecule has 0 N–H and O–H groups in total. The summed E-state index contributed by atoms with van der Waals surface area (Å²) in [4.78, 5) is 16.3. The van der Waals surface area contributed by atoms with Crippen LogP contribution >= 0.6 is 0 Å². The fourth-order valence-corrected chi connectivity index (χ4v) is 15.1. The lowest BCUT2D eigenvalue weighted by atomic mass is 10.1. The fraction of sp³-hybridized carbons (Fsp3) is 0. The van der Waals surface area contributed by atoms with Crippen LogP contribution in [0.4, 0.5) is 0 Å². The van der Waals surface area contributed by atoms with Gasteiger partial charge in [0.15, 0.2) is 13.9 Å². The summed E-state index contributed by atoms with van der Waals surface area (Å²) in [7, 11) is -3.15. The highest BCUT2D eigenvalue weighted by Crippen LogP contribution is 2.35. The summed E-state index contributed by atoms with van der Waals surface area (Å²) in [6, 6.07) is 79.9. The number of para-hydroxylation sites is 6. The first kappa shape index (κ1) is 36.3. The summed E-state index contributed by atoms with van der Waals surface area (Å²) in [5.41, 5.74) is 6.80. The van der Waals surface area contributed by atoms with Crippen LogP contribution in [0.15, 0.2) is 229 Å². The quantitative estimate of drug-likeness (QED) is 0.119. The lowest BCUT2D eigenvalue weighted by Crippen LogP contribution is -2.74. The minimum Gasteiger partial charge on any atom is -0.456 e. The Balaban J connectivity index is 1.13. The number of benzene rings is 9. The molecule has 4 aromatic heterocycles. The van der Waals surface area contributed by atoms with Crippen molar-refractivity contribution in [3.05, 3.63) is 224 Å². The first-order chi connectivity index (χ1) is 31.8. The largest absolute Gasteiger partial charge is 0.456 e. The third-order valence-corrected chi connectivity index (χ3v) is 17.7. The van der Waals surface area contributed by atoms with Crippen molar-refractivity contribution in [1.29, 1.82) is 0 Å². The maximum Gasteiger partial charge on any atom is 0.240 e. The van der Waals surface area contributed by atoms with Gasteiger partial charge in [-0.25, -0.2) is 0 Å². The highest BCUT2D eigenvalue weighted by atomic mass is 28.3. The van der Waals surface area contributed by atoms with Gasteiger partial charge in [-0.3, -0.25) is 9.13 Å². The van der Waals surface area contributed by atoms with Gasteiger partial charge < -0.3 is 4.42 Å². The molecule has 0 aliphatic carbocycles. The van der Waals surface area contributed by atoms with Crippen LogP contribution in [0.3, 0.4) is 0 Å². The monoisotopic (exact) mass is 835 g/mol. The number of aromatic nitrogens is 5. The van der Waals surface area contributed by atoms with Crippen LogP contribution in [0.2, 0.25) is 0 Å². The highest BCUT2D eigenvalue weighted by molar-refractivity contribution is 7.20. The van der Waals surface area contributed by atoms with Crippen molar-refractivity contribution < 1.29 is 4.42 Å². The standard InChI is InChI=1S/C57H37N5OSi/c1-3-20-39(21-4-1)64(40-22-5-2-6-23-40,53-36-18-30-47-46-29-11-16-35-52(46)63-54(47)53)41-24-17-19-38(37-41)55-58-56(61-48-31-12-7-25-42(48)43-26-8-13-32-49(43)61)60-57(59-55)62-50-33-14-9-27-44(50)45-28-10-15-34-51(45)62/h1-37H. The number of fused-ring (bicyclic) bond motifs is 9. The van der Waals surface area contributed by atoms with Gasteiger partial charge >= 0.3 is 0 Å². The molecule has 4 heterocycles. The van der Waals surface area contributed by atoms with Crippen molar-refractivity contribution >= 4 is 94.4 Å². The Kier molecular flexibility index (Phi) is 8.13. The average molecular weight is 836 g/mol. The molecule has 64 heavy (non-hydrogen) atoms. The van der Waals surface area contributed by atoms with E-state index in [1.165, 1.54) is 20.7 Å². The Morgan fingerprint density at radius 1 is 0.344 bits per heavy atom. The fourth-order valence-electron chi connectivity index (χ4n) is 10.2. The number of nitrogens with zero attached hydrogens (tertiary/aromatic N) is 5. The minimum atomic E-state index is -3.15. The zero-order valence-corrected chi connectivity index (χ0v) is 35.5. The van der Waals surface area contributed by atoms with E-state index in [1.807, 2.05) is 6.07 Å². The molecule has 0 unspecified atom stereocenters. The first-order valence-corrected chi connectivity index (χ1v) is 23.6. The second kappa shape index (κ2) is 14.3. The molecule has 6 nitrogen and oxygen atoms in total. The van der Waals surface area contributed by atoms with E-state index in [2.05, 4.69) is 228 Å². The van der Waals surface area contributed by atoms with E-state index in [1.54, 1.807) is 0 Å². The summed E-state index contributed by atoms with van der Waals surface area (Å²) in [6.07, 6.45) is 0. The van der Waals surface area contributed by atoms with Gasteiger partial charge in [-0.1, -0.05) is 194 Å². The van der Waals surface area contributed by atoms with Gasteiger partial charge in [0.2, 0.25) is 11.9 Å². The molecule has 13 aromatic rings. The Bertz CT molecular complexity index is 3650. The number of hydrogen-bond donors (Lipinski definition) is 0. The molecule has 0 amide bonds. The van der Waals surface area contributed by atoms with Gasteiger partial charge in [0, 0.05) is 37.9 Å². The molecule has 0 radical (unpaired) electrons. The van der Waals surface area contributed by atoms with Crippen LogP contribution in [0.25, 0.3) is 88.8 Å². The molecule has 0 aliphatic rings. The van der Waals surface area contributed by atoms with Crippen molar-refractivity contribution in [1.82, 2.24) is 24.1 Å². The molecule has 0 bridgehead atoms. The predicted octanol–water partition coefficient (Wildman–Crippen LogP) is 11.0. The van der Waals surface area contributed by atoms with Crippen LogP contribution in [-0.4, -0.2) is 32.2 Å². The lowest BCUT2D eigenvalue weighted by Gasteiger charge is -2.34. The molecule has 300 valence electrons. The molecular weight excluding hydrogens is 799 g/mol. The SMILES string of the molecule is c1ccc([Si](c2ccccc2)(c2cccc(-c3nc(-n4c5ccccc5c5ccccc54)nc(-n4c5ccccc5c5ccccc54)n3)c2)c2cccc3c2oc2ccccc23)cc1. The molecule has 13 rings (SSSR count). The second-order valence-corrected chi connectivity index (χ2v) is 20.1. The maximum atomic E-state index is 6.92. The third-order valence-electron chi connectivity index (χ3n) is 12.9. The van der Waals surface area contributed by atoms with Gasteiger partial charge in [0.1, 0.15) is 11.2 Å². The first-order valence-electron chi connectivity index (χ1n) is 21.6. The van der Waals surface area contributed by atoms with Crippen LogP contribution < -0.4 is 20.7 Å². The molecule has 0 aliphatic heterocycles. The van der Waals surface area contributed by atoms with Crippen LogP contribution in [0, 0.1) is 0 Å². The van der Waals surface area contributed by atoms with Gasteiger partial charge in [0.05, 0.1) is 22.1 Å². The maximum absolute atomic E-state index is 6.92. The second-order valence-electron chi connectivity index (χ2n) is 16.3. The van der Waals surface area contributed by atoms with E-state index in [0.29, 0.717) is 17.7 Å². The summed E-state index contributed by atoms with van der Waals surface area (Å²) < 4.78 is 11.3. The van der Waals surface area contributed by atoms with Gasteiger partial charge in [0.25, 0.3) is 0 Å². The molecule has 0 saturated heterocycles. The molecule has 0 saturated carbocycles. The summed E-state index contributed by atoms with van der Waals surface area (Å²) in [5, 5.41) is 11.6. The topological polar surface area (TPSA) is 61.7 Å². The van der Waals surface area contributed by atoms with Gasteiger partial charge in [-0.05, 0) is 51.1 Å². The number of rotatable bonds is 7. The molecule has 9 aromatic carbocycles. The van der Waals surface area contributed by atoms with E-state index in [0.717, 1.165) is 71.1 Å². The molecule has 0 atom stereocenters. The van der Waals surface area contributed by atoms with Crippen LogP contribution in [-0.2, 0) is 0 Å². The molecule has 0 fully saturated rings. The van der Waals surface area contributed by atoms with Crippen molar-refractivity contribution in [3.8, 4) is 23.3 Å². The van der Waals surface area contributed by atoms with E-state index in [4.69, 9.17) is 19.4 Å². The molecule has 7 heteroatoms.